The zero-order chi connectivity index (χ0) is 32.1. The summed E-state index contributed by atoms with van der Waals surface area (Å²) in [6, 6.07) is 54.6. The maximum Gasteiger partial charge on any atom is 0.235 e. The monoisotopic (exact) mass is 659 g/mol. The number of thiophene rings is 2. The fourth-order valence-electron chi connectivity index (χ4n) is 7.51. The quantitative estimate of drug-likeness (QED) is 0.189. The van der Waals surface area contributed by atoms with E-state index in [-0.39, 0.29) is 0 Å². The zero-order valence-electron chi connectivity index (χ0n) is 26.1. The Bertz CT molecular complexity index is 3090. The van der Waals surface area contributed by atoms with Crippen molar-refractivity contribution in [3.8, 4) is 28.3 Å². The van der Waals surface area contributed by atoms with Crippen LogP contribution >= 0.6 is 22.7 Å². The van der Waals surface area contributed by atoms with E-state index < -0.39 is 0 Å². The first-order chi connectivity index (χ1) is 24.3. The van der Waals surface area contributed by atoms with Crippen molar-refractivity contribution in [3.63, 3.8) is 0 Å². The van der Waals surface area contributed by atoms with Crippen LogP contribution in [0.3, 0.4) is 0 Å². The van der Waals surface area contributed by atoms with Crippen molar-refractivity contribution in [3.05, 3.63) is 152 Å². The highest BCUT2D eigenvalue weighted by molar-refractivity contribution is 7.27. The van der Waals surface area contributed by atoms with Gasteiger partial charge < -0.3 is 0 Å². The van der Waals surface area contributed by atoms with Gasteiger partial charge in [0.25, 0.3) is 0 Å². The third-order valence-corrected chi connectivity index (χ3v) is 12.2. The van der Waals surface area contributed by atoms with Gasteiger partial charge in [0.1, 0.15) is 0 Å². The van der Waals surface area contributed by atoms with Crippen molar-refractivity contribution in [2.45, 2.75) is 0 Å². The Labute approximate surface area is 289 Å². The van der Waals surface area contributed by atoms with E-state index in [1.165, 1.54) is 57.5 Å². The molecular formula is C44H25N3S2. The minimum absolute atomic E-state index is 0.687. The molecule has 0 unspecified atom stereocenters. The van der Waals surface area contributed by atoms with Crippen LogP contribution < -0.4 is 0 Å². The molecule has 4 aromatic heterocycles. The molecule has 0 aliphatic carbocycles. The summed E-state index contributed by atoms with van der Waals surface area (Å²) in [5, 5.41) is 8.71. The number of para-hydroxylation sites is 1. The topological polar surface area (TPSA) is 30.7 Å². The molecule has 0 aliphatic heterocycles. The first-order valence-corrected chi connectivity index (χ1v) is 18.0. The average Bonchev–Trinajstić information content (AvgIpc) is 3.84. The Morgan fingerprint density at radius 2 is 1.06 bits per heavy atom. The van der Waals surface area contributed by atoms with E-state index in [4.69, 9.17) is 9.97 Å². The van der Waals surface area contributed by atoms with Gasteiger partial charge in [0.05, 0.1) is 26.9 Å². The van der Waals surface area contributed by atoms with E-state index >= 15 is 0 Å². The number of nitrogens with zero attached hydrogens (tertiary/aromatic N) is 3. The summed E-state index contributed by atoms with van der Waals surface area (Å²) >= 11 is 3.65. The Hall–Kier alpha value is -5.88. The Balaban J connectivity index is 1.20. The van der Waals surface area contributed by atoms with Gasteiger partial charge in [-0.3, -0.25) is 4.57 Å². The van der Waals surface area contributed by atoms with Crippen molar-refractivity contribution in [2.24, 2.45) is 0 Å². The molecule has 0 fully saturated rings. The largest absolute Gasteiger partial charge is 0.278 e. The molecule has 0 spiro atoms. The summed E-state index contributed by atoms with van der Waals surface area (Å²) in [4.78, 5) is 10.8. The Morgan fingerprint density at radius 1 is 0.408 bits per heavy atom. The Morgan fingerprint density at radius 3 is 1.90 bits per heavy atom. The van der Waals surface area contributed by atoms with Gasteiger partial charge in [-0.1, -0.05) is 121 Å². The average molecular weight is 660 g/mol. The van der Waals surface area contributed by atoms with Crippen LogP contribution in [0.1, 0.15) is 0 Å². The predicted octanol–water partition coefficient (Wildman–Crippen LogP) is 12.8. The van der Waals surface area contributed by atoms with Gasteiger partial charge >= 0.3 is 0 Å². The summed E-state index contributed by atoms with van der Waals surface area (Å²) in [6.07, 6.45) is 0. The normalized spacial score (nSPS) is 12.1. The predicted molar refractivity (Wildman–Crippen MR) is 211 cm³/mol. The number of fused-ring (bicyclic) bond motifs is 11. The third kappa shape index (κ3) is 4.00. The van der Waals surface area contributed by atoms with Crippen LogP contribution in [0.5, 0.6) is 0 Å². The highest BCUT2D eigenvalue weighted by atomic mass is 32.1. The summed E-state index contributed by atoms with van der Waals surface area (Å²) in [5.74, 6) is 0.687. The Kier molecular flexibility index (Phi) is 5.70. The van der Waals surface area contributed by atoms with Crippen LogP contribution in [0.15, 0.2) is 152 Å². The van der Waals surface area contributed by atoms with Gasteiger partial charge in [-0.25, -0.2) is 9.97 Å². The van der Waals surface area contributed by atoms with Gasteiger partial charge in [0.2, 0.25) is 5.95 Å². The molecule has 0 atom stereocenters. The van der Waals surface area contributed by atoms with E-state index in [0.29, 0.717) is 5.95 Å². The summed E-state index contributed by atoms with van der Waals surface area (Å²) in [6.45, 7) is 0. The minimum Gasteiger partial charge on any atom is -0.278 e. The lowest BCUT2D eigenvalue weighted by molar-refractivity contribution is 1.02. The van der Waals surface area contributed by atoms with E-state index in [2.05, 4.69) is 156 Å². The van der Waals surface area contributed by atoms with E-state index in [9.17, 15) is 0 Å². The maximum atomic E-state index is 5.43. The van der Waals surface area contributed by atoms with Crippen molar-refractivity contribution >= 4 is 95.7 Å². The SMILES string of the molecule is c1ccc(-c2ccc(-c3nc(-n4c5ccccc5c5cc6c(ccc7c8ccccc8sc67)cc54)nc4c3sc3ccccc34)cc2)cc1. The number of hydrogen-bond acceptors (Lipinski definition) is 4. The van der Waals surface area contributed by atoms with E-state index in [1.807, 2.05) is 11.3 Å². The molecule has 0 aliphatic rings. The van der Waals surface area contributed by atoms with Crippen LogP contribution in [-0.2, 0) is 0 Å². The lowest BCUT2D eigenvalue weighted by Gasteiger charge is -2.11. The fourth-order valence-corrected chi connectivity index (χ4v) is 9.89. The second kappa shape index (κ2) is 10.3. The molecule has 5 heteroatoms. The smallest absolute Gasteiger partial charge is 0.235 e. The summed E-state index contributed by atoms with van der Waals surface area (Å²) < 4.78 is 7.25. The highest BCUT2D eigenvalue weighted by Gasteiger charge is 2.21. The lowest BCUT2D eigenvalue weighted by Crippen LogP contribution is -2.02. The molecule has 0 saturated heterocycles. The number of rotatable bonds is 3. The first kappa shape index (κ1) is 27.1. The summed E-state index contributed by atoms with van der Waals surface area (Å²) in [7, 11) is 0. The number of aromatic nitrogens is 3. The minimum atomic E-state index is 0.687. The molecule has 0 bridgehead atoms. The molecular weight excluding hydrogens is 635 g/mol. The highest BCUT2D eigenvalue weighted by Crippen LogP contribution is 2.43. The second-order valence-electron chi connectivity index (χ2n) is 12.6. The lowest BCUT2D eigenvalue weighted by atomic mass is 10.0. The molecule has 0 amide bonds. The number of benzene rings is 7. The molecule has 0 N–H and O–H groups in total. The van der Waals surface area contributed by atoms with Gasteiger partial charge in [-0.2, -0.15) is 0 Å². The molecule has 11 rings (SSSR count). The molecule has 3 nitrogen and oxygen atoms in total. The molecule has 0 radical (unpaired) electrons. The van der Waals surface area contributed by atoms with Gasteiger partial charge in [-0.15, -0.1) is 22.7 Å². The van der Waals surface area contributed by atoms with Crippen LogP contribution in [-0.4, -0.2) is 14.5 Å². The molecule has 7 aromatic carbocycles. The van der Waals surface area contributed by atoms with Crippen molar-refractivity contribution in [1.29, 1.82) is 0 Å². The number of hydrogen-bond donors (Lipinski definition) is 0. The van der Waals surface area contributed by atoms with Crippen LogP contribution in [0, 0.1) is 0 Å². The van der Waals surface area contributed by atoms with Gasteiger partial charge in [0, 0.05) is 52.0 Å². The first-order valence-electron chi connectivity index (χ1n) is 16.4. The maximum absolute atomic E-state index is 5.43. The van der Waals surface area contributed by atoms with Crippen LogP contribution in [0.4, 0.5) is 0 Å². The van der Waals surface area contributed by atoms with E-state index in [0.717, 1.165) is 37.9 Å². The molecule has 4 heterocycles. The second-order valence-corrected chi connectivity index (χ2v) is 14.7. The fraction of sp³-hybridized carbons (Fsp3) is 0. The van der Waals surface area contributed by atoms with Crippen molar-refractivity contribution in [2.75, 3.05) is 0 Å². The van der Waals surface area contributed by atoms with Crippen LogP contribution in [0.25, 0.3) is 101 Å². The third-order valence-electron chi connectivity index (χ3n) is 9.83. The molecule has 49 heavy (non-hydrogen) atoms. The van der Waals surface area contributed by atoms with E-state index in [1.54, 1.807) is 11.3 Å². The molecule has 11 aromatic rings. The molecule has 0 saturated carbocycles. The van der Waals surface area contributed by atoms with Crippen molar-refractivity contribution in [1.82, 2.24) is 14.5 Å². The van der Waals surface area contributed by atoms with Gasteiger partial charge in [-0.05, 0) is 46.8 Å². The molecule has 228 valence electrons. The van der Waals surface area contributed by atoms with Crippen LogP contribution in [0.2, 0.25) is 0 Å². The summed E-state index contributed by atoms with van der Waals surface area (Å²) in [5.41, 5.74) is 7.63. The van der Waals surface area contributed by atoms with Gasteiger partial charge in [0.15, 0.2) is 0 Å². The van der Waals surface area contributed by atoms with Crippen molar-refractivity contribution < 1.29 is 0 Å². The zero-order valence-corrected chi connectivity index (χ0v) is 27.7. The standard InChI is InChI=1S/C44H25N3S2/c1-2-10-26(11-3-1)27-18-20-28(21-19-27)40-43-41(33-14-6-9-17-39(33)49-43)46-44(45-40)47-36-15-7-4-12-30(36)35-25-34-29(24-37(35)47)22-23-32-31-13-5-8-16-38(31)48-42(32)34/h1-25H.